The molecule has 0 N–H and O–H groups in total. The van der Waals surface area contributed by atoms with E-state index in [4.69, 9.17) is 27.9 Å². The van der Waals surface area contributed by atoms with Crippen LogP contribution < -0.4 is 4.80 Å². The smallest absolute Gasteiger partial charge is 0.252 e. The van der Waals surface area contributed by atoms with Crippen LogP contribution in [0, 0.1) is 6.92 Å². The summed E-state index contributed by atoms with van der Waals surface area (Å²) in [5.41, 5.74) is 2.87. The van der Waals surface area contributed by atoms with Crippen LogP contribution in [-0.2, 0) is 22.5 Å². The van der Waals surface area contributed by atoms with E-state index < -0.39 is 0 Å². The first-order valence-electron chi connectivity index (χ1n) is 8.09. The molecule has 1 heterocycles. The number of aryl methyl sites for hydroxylation is 1. The summed E-state index contributed by atoms with van der Waals surface area (Å²) in [6, 6.07) is 11.4. The van der Waals surface area contributed by atoms with Crippen LogP contribution in [-0.4, -0.2) is 24.2 Å². The van der Waals surface area contributed by atoms with Gasteiger partial charge in [-0.3, -0.25) is 4.79 Å². The molecule has 4 nitrogen and oxygen atoms in total. The van der Waals surface area contributed by atoms with Crippen LogP contribution >= 0.6 is 34.5 Å². The molecule has 0 saturated heterocycles. The van der Waals surface area contributed by atoms with E-state index in [0.29, 0.717) is 28.0 Å². The standard InChI is InChI=1S/C19H18Cl2N2O2S/c1-12-3-5-13(6-4-12)11-16(24)22-19-23(9-10-25-2)17-14(20)7-8-15(21)18(17)26-19/h3-8H,9-11H2,1-2H3. The molecule has 7 heteroatoms. The van der Waals surface area contributed by atoms with Gasteiger partial charge in [0.1, 0.15) is 0 Å². The van der Waals surface area contributed by atoms with Crippen molar-refractivity contribution in [2.24, 2.45) is 4.99 Å². The van der Waals surface area contributed by atoms with Gasteiger partial charge >= 0.3 is 0 Å². The van der Waals surface area contributed by atoms with Crippen LogP contribution in [0.25, 0.3) is 10.2 Å². The van der Waals surface area contributed by atoms with Crippen molar-refractivity contribution >= 4 is 50.7 Å². The molecule has 0 atom stereocenters. The summed E-state index contributed by atoms with van der Waals surface area (Å²) < 4.78 is 7.89. The van der Waals surface area contributed by atoms with Crippen molar-refractivity contribution in [2.45, 2.75) is 19.9 Å². The van der Waals surface area contributed by atoms with Gasteiger partial charge in [-0.2, -0.15) is 4.99 Å². The van der Waals surface area contributed by atoms with Crippen LogP contribution in [0.3, 0.4) is 0 Å². The average Bonchev–Trinajstić information content (AvgIpc) is 2.97. The Kier molecular flexibility index (Phi) is 6.14. The summed E-state index contributed by atoms with van der Waals surface area (Å²) in [7, 11) is 1.63. The highest BCUT2D eigenvalue weighted by Gasteiger charge is 2.14. The zero-order chi connectivity index (χ0) is 18.7. The molecule has 0 radical (unpaired) electrons. The second-order valence-corrected chi connectivity index (χ2v) is 7.70. The van der Waals surface area contributed by atoms with Gasteiger partial charge in [0.05, 0.1) is 33.3 Å². The lowest BCUT2D eigenvalue weighted by Crippen LogP contribution is -2.20. The number of carbonyl (C=O) groups is 1. The molecule has 0 unspecified atom stereocenters. The lowest BCUT2D eigenvalue weighted by molar-refractivity contribution is -0.117. The van der Waals surface area contributed by atoms with Crippen LogP contribution in [0.5, 0.6) is 0 Å². The summed E-state index contributed by atoms with van der Waals surface area (Å²) in [5.74, 6) is -0.209. The fourth-order valence-corrected chi connectivity index (χ4v) is 4.30. The molecule has 1 aromatic heterocycles. The Morgan fingerprint density at radius 2 is 1.85 bits per heavy atom. The summed E-state index contributed by atoms with van der Waals surface area (Å²) in [6.45, 7) is 3.03. The van der Waals surface area contributed by atoms with Crippen molar-refractivity contribution in [3.8, 4) is 0 Å². The Hall–Kier alpha value is -1.66. The quantitative estimate of drug-likeness (QED) is 0.617. The van der Waals surface area contributed by atoms with E-state index in [0.717, 1.165) is 21.3 Å². The minimum Gasteiger partial charge on any atom is -0.383 e. The number of fused-ring (bicyclic) bond motifs is 1. The minimum atomic E-state index is -0.209. The van der Waals surface area contributed by atoms with Gasteiger partial charge in [-0.15, -0.1) is 0 Å². The molecule has 3 aromatic rings. The Balaban J connectivity index is 2.03. The van der Waals surface area contributed by atoms with Gasteiger partial charge in [0.15, 0.2) is 4.80 Å². The van der Waals surface area contributed by atoms with Gasteiger partial charge in [-0.05, 0) is 24.6 Å². The molecule has 3 rings (SSSR count). The average molecular weight is 409 g/mol. The number of aromatic nitrogens is 1. The number of nitrogens with zero attached hydrogens (tertiary/aromatic N) is 2. The number of hydrogen-bond donors (Lipinski definition) is 0. The van der Waals surface area contributed by atoms with Crippen LogP contribution in [0.15, 0.2) is 41.4 Å². The highest BCUT2D eigenvalue weighted by molar-refractivity contribution is 7.17. The zero-order valence-electron chi connectivity index (χ0n) is 14.5. The molecule has 2 aromatic carbocycles. The third-order valence-corrected chi connectivity index (χ3v) is 5.79. The highest BCUT2D eigenvalue weighted by Crippen LogP contribution is 2.31. The number of thiazole rings is 1. The lowest BCUT2D eigenvalue weighted by atomic mass is 10.1. The molecule has 1 amide bonds. The first-order chi connectivity index (χ1) is 12.5. The Morgan fingerprint density at radius 3 is 2.54 bits per heavy atom. The summed E-state index contributed by atoms with van der Waals surface area (Å²) in [6.07, 6.45) is 0.250. The van der Waals surface area contributed by atoms with E-state index in [1.807, 2.05) is 35.8 Å². The van der Waals surface area contributed by atoms with Gasteiger partial charge in [0.2, 0.25) is 0 Å². The number of methoxy groups -OCH3 is 1. The molecule has 0 spiro atoms. The molecular formula is C19H18Cl2N2O2S. The maximum atomic E-state index is 12.5. The second-order valence-electron chi connectivity index (χ2n) is 5.90. The number of amides is 1. The summed E-state index contributed by atoms with van der Waals surface area (Å²) >= 11 is 14.0. The molecule has 136 valence electrons. The largest absolute Gasteiger partial charge is 0.383 e. The van der Waals surface area contributed by atoms with E-state index in [2.05, 4.69) is 4.99 Å². The second kappa shape index (κ2) is 8.35. The Labute approximate surface area is 165 Å². The van der Waals surface area contributed by atoms with E-state index in [1.54, 1.807) is 19.2 Å². The number of halogens is 2. The third-order valence-electron chi connectivity index (χ3n) is 3.94. The Bertz CT molecular complexity index is 1010. The molecule has 26 heavy (non-hydrogen) atoms. The maximum absolute atomic E-state index is 12.5. The van der Waals surface area contributed by atoms with Crippen molar-refractivity contribution in [1.29, 1.82) is 0 Å². The molecule has 0 aliphatic carbocycles. The van der Waals surface area contributed by atoms with Crippen LogP contribution in [0.2, 0.25) is 10.0 Å². The van der Waals surface area contributed by atoms with Crippen molar-refractivity contribution in [3.63, 3.8) is 0 Å². The third kappa shape index (κ3) is 4.18. The fraction of sp³-hybridized carbons (Fsp3) is 0.263. The first-order valence-corrected chi connectivity index (χ1v) is 9.66. The normalized spacial score (nSPS) is 12.1. The van der Waals surface area contributed by atoms with E-state index in [1.165, 1.54) is 11.3 Å². The fourth-order valence-electron chi connectivity index (χ4n) is 2.61. The monoisotopic (exact) mass is 408 g/mol. The molecule has 0 saturated carbocycles. The maximum Gasteiger partial charge on any atom is 0.252 e. The lowest BCUT2D eigenvalue weighted by Gasteiger charge is -2.06. The van der Waals surface area contributed by atoms with Gasteiger partial charge in [-0.1, -0.05) is 64.4 Å². The van der Waals surface area contributed by atoms with Gasteiger partial charge in [0, 0.05) is 13.7 Å². The Morgan fingerprint density at radius 1 is 1.15 bits per heavy atom. The van der Waals surface area contributed by atoms with Crippen molar-refractivity contribution in [2.75, 3.05) is 13.7 Å². The van der Waals surface area contributed by atoms with E-state index in [-0.39, 0.29) is 12.3 Å². The van der Waals surface area contributed by atoms with Crippen molar-refractivity contribution in [3.05, 3.63) is 62.4 Å². The number of benzene rings is 2. The SMILES string of the molecule is COCCn1c(=NC(=O)Cc2ccc(C)cc2)sc2c(Cl)ccc(Cl)c21. The highest BCUT2D eigenvalue weighted by atomic mass is 35.5. The topological polar surface area (TPSA) is 43.6 Å². The van der Waals surface area contributed by atoms with Crippen LogP contribution in [0.1, 0.15) is 11.1 Å². The van der Waals surface area contributed by atoms with Gasteiger partial charge in [-0.25, -0.2) is 0 Å². The van der Waals surface area contributed by atoms with Crippen molar-refractivity contribution in [1.82, 2.24) is 4.57 Å². The van der Waals surface area contributed by atoms with Gasteiger partial charge in [0.25, 0.3) is 5.91 Å². The van der Waals surface area contributed by atoms with Gasteiger partial charge < -0.3 is 9.30 Å². The molecule has 0 aliphatic heterocycles. The summed E-state index contributed by atoms with van der Waals surface area (Å²) in [4.78, 5) is 17.4. The minimum absolute atomic E-state index is 0.209. The number of hydrogen-bond acceptors (Lipinski definition) is 3. The zero-order valence-corrected chi connectivity index (χ0v) is 16.8. The molecular weight excluding hydrogens is 391 g/mol. The van der Waals surface area contributed by atoms with E-state index >= 15 is 0 Å². The van der Waals surface area contributed by atoms with E-state index in [9.17, 15) is 4.79 Å². The van der Waals surface area contributed by atoms with Crippen LogP contribution in [0.4, 0.5) is 0 Å². The first kappa shape index (κ1) is 19.1. The number of ether oxygens (including phenoxy) is 1. The number of rotatable bonds is 5. The number of carbonyl (C=O) groups excluding carboxylic acids is 1. The molecule has 0 bridgehead atoms. The molecule has 0 aliphatic rings. The predicted molar refractivity (Wildman–Crippen MR) is 107 cm³/mol. The predicted octanol–water partition coefficient (Wildman–Crippen LogP) is 4.63. The molecule has 0 fully saturated rings. The summed E-state index contributed by atoms with van der Waals surface area (Å²) in [5, 5.41) is 1.16. The van der Waals surface area contributed by atoms with Crippen molar-refractivity contribution < 1.29 is 9.53 Å².